The molecular formula is C72H86B2N7O10S3Si+. The number of carbonyl (C=O) groups is 2. The van der Waals surface area contributed by atoms with Crippen LogP contribution in [0.25, 0.3) is 37.6 Å². The van der Waals surface area contributed by atoms with E-state index >= 15 is 0 Å². The molecule has 0 unspecified atom stereocenters. The summed E-state index contributed by atoms with van der Waals surface area (Å²) in [4.78, 5) is 33.6. The van der Waals surface area contributed by atoms with E-state index in [0.717, 1.165) is 68.7 Å². The number of amides is 1. The first-order valence-corrected chi connectivity index (χ1v) is 38.3. The molecule has 17 nitrogen and oxygen atoms in total. The van der Waals surface area contributed by atoms with Crippen molar-refractivity contribution in [3.8, 4) is 21.9 Å². The van der Waals surface area contributed by atoms with Crippen molar-refractivity contribution in [2.24, 2.45) is 0 Å². The summed E-state index contributed by atoms with van der Waals surface area (Å²) in [5.74, 6) is 0.247. The monoisotopic (exact) mass is 1350 g/mol. The minimum absolute atomic E-state index is 0.0190. The highest BCUT2D eigenvalue weighted by molar-refractivity contribution is 7.89. The molecule has 0 saturated carbocycles. The van der Waals surface area contributed by atoms with E-state index in [0.29, 0.717) is 96.1 Å². The minimum atomic E-state index is -3.91. The van der Waals surface area contributed by atoms with Gasteiger partial charge in [0.15, 0.2) is 11.5 Å². The maximum absolute atomic E-state index is 13.8. The number of hydrogen-bond acceptors (Lipinski definition) is 14. The molecule has 9 rings (SSSR count). The molecule has 2 heterocycles. The summed E-state index contributed by atoms with van der Waals surface area (Å²) in [5.41, 5.74) is 11.9. The predicted molar refractivity (Wildman–Crippen MR) is 389 cm³/mol. The molecule has 23 heteroatoms. The maximum Gasteiger partial charge on any atom is 0.569 e. The molecule has 1 aliphatic carbocycles. The van der Waals surface area contributed by atoms with Crippen molar-refractivity contribution in [1.82, 2.24) is 23.7 Å². The van der Waals surface area contributed by atoms with Crippen molar-refractivity contribution in [1.29, 1.82) is 0 Å². The first-order chi connectivity index (χ1) is 45.1. The van der Waals surface area contributed by atoms with E-state index in [4.69, 9.17) is 9.31 Å². The molecular weight excluding hydrogens is 1270 g/mol. The number of ketones is 1. The lowest BCUT2D eigenvalue weighted by Gasteiger charge is -2.38. The summed E-state index contributed by atoms with van der Waals surface area (Å²) in [6, 6.07) is 33.2. The normalized spacial score (nSPS) is 13.7. The lowest BCUT2D eigenvalue weighted by molar-refractivity contribution is -0.462. The highest BCUT2D eigenvalue weighted by Crippen LogP contribution is 2.45. The van der Waals surface area contributed by atoms with Gasteiger partial charge in [-0.15, -0.1) is 11.3 Å². The predicted octanol–water partition coefficient (Wildman–Crippen LogP) is 9.98. The number of sulfonamides is 2. The van der Waals surface area contributed by atoms with Gasteiger partial charge in [0.1, 0.15) is 33.7 Å². The van der Waals surface area contributed by atoms with Gasteiger partial charge in [0.25, 0.3) is 0 Å². The Morgan fingerprint density at radius 2 is 1.22 bits per heavy atom. The van der Waals surface area contributed by atoms with Gasteiger partial charge in [-0.2, -0.15) is 0 Å². The molecule has 1 aromatic heterocycles. The Balaban J connectivity index is 1.26. The summed E-state index contributed by atoms with van der Waals surface area (Å²) in [6.07, 6.45) is 8.87. The van der Waals surface area contributed by atoms with Crippen molar-refractivity contribution in [2.45, 2.75) is 88.6 Å². The van der Waals surface area contributed by atoms with Crippen LogP contribution in [0.15, 0.2) is 172 Å². The van der Waals surface area contributed by atoms with E-state index < -0.39 is 28.1 Å². The Labute approximate surface area is 567 Å². The Bertz CT molecular complexity index is 4520. The molecule has 2 aliphatic rings. The Morgan fingerprint density at radius 3 is 1.76 bits per heavy atom. The number of nitrogens with one attached hydrogen (secondary N) is 1. The number of rotatable bonds is 30. The number of hydrogen-bond donors (Lipinski definition) is 3. The number of anilines is 1. The van der Waals surface area contributed by atoms with Crippen molar-refractivity contribution in [3.63, 3.8) is 0 Å². The largest absolute Gasteiger partial charge is 0.569 e. The van der Waals surface area contributed by atoms with E-state index in [1.807, 2.05) is 12.1 Å². The van der Waals surface area contributed by atoms with Crippen LogP contribution in [0.4, 0.5) is 5.69 Å². The number of carbonyl (C=O) groups excluding carboxylic acids is 2. The average Bonchev–Trinajstić information content (AvgIpc) is 1.61. The molecule has 2 radical (unpaired) electrons. The molecule has 0 spiro atoms. The Hall–Kier alpha value is -7.54. The topological polar surface area (TPSA) is 193 Å². The van der Waals surface area contributed by atoms with Crippen LogP contribution >= 0.6 is 11.3 Å². The van der Waals surface area contributed by atoms with Gasteiger partial charge < -0.3 is 29.6 Å². The van der Waals surface area contributed by atoms with E-state index in [1.165, 1.54) is 73.5 Å². The van der Waals surface area contributed by atoms with Gasteiger partial charge in [-0.25, -0.2) is 30.0 Å². The van der Waals surface area contributed by atoms with Crippen LogP contribution in [-0.4, -0.2) is 167 Å². The van der Waals surface area contributed by atoms with Crippen LogP contribution < -0.4 is 24.7 Å². The molecule has 0 atom stereocenters. The zero-order valence-electron chi connectivity index (χ0n) is 56.5. The van der Waals surface area contributed by atoms with Crippen LogP contribution in [0.1, 0.15) is 72.9 Å². The number of Topliss-reactive ketones (excluding diaryl/α,β-unsaturated/α-hetero) is 1. The molecule has 496 valence electrons. The molecule has 0 fully saturated rings. The summed E-state index contributed by atoms with van der Waals surface area (Å²) < 4.78 is 70.8. The summed E-state index contributed by atoms with van der Waals surface area (Å²) in [7, 11) is 5.33. The van der Waals surface area contributed by atoms with Crippen LogP contribution in [0.2, 0.25) is 13.1 Å². The summed E-state index contributed by atoms with van der Waals surface area (Å²) >= 11 is 1.68. The zero-order chi connectivity index (χ0) is 68.8. The second-order valence-electron chi connectivity index (χ2n) is 25.7. The van der Waals surface area contributed by atoms with Crippen molar-refractivity contribution < 1.29 is 50.4 Å². The van der Waals surface area contributed by atoms with Gasteiger partial charge in [0.05, 0.1) is 9.79 Å². The quantitative estimate of drug-likeness (QED) is 0.0127. The molecule has 95 heavy (non-hydrogen) atoms. The molecule has 1 aliphatic heterocycles. The summed E-state index contributed by atoms with van der Waals surface area (Å²) in [6.45, 7) is 18.2. The Kier molecular flexibility index (Phi) is 22.8. The first kappa shape index (κ1) is 71.7. The van der Waals surface area contributed by atoms with Crippen molar-refractivity contribution in [2.75, 3.05) is 80.9 Å². The molecule has 1 amide bonds. The van der Waals surface area contributed by atoms with E-state index in [9.17, 15) is 36.5 Å². The third-order valence-corrected chi connectivity index (χ3v) is 25.9. The number of thiophene rings is 1. The van der Waals surface area contributed by atoms with Gasteiger partial charge in [0.2, 0.25) is 26.0 Å². The molecule has 0 saturated heterocycles. The molecule has 3 N–H and O–H groups in total. The summed E-state index contributed by atoms with van der Waals surface area (Å²) in [5, 5.41) is 31.9. The Morgan fingerprint density at radius 1 is 0.653 bits per heavy atom. The number of allylic oxidation sites excluding steroid dienone is 6. The average molecular weight is 1360 g/mol. The first-order valence-electron chi connectivity index (χ1n) is 31.6. The third-order valence-electron chi connectivity index (χ3n) is 17.8. The molecule has 7 aromatic rings. The zero-order valence-corrected chi connectivity index (χ0v) is 60.0. The SMILES string of the molecule is C=C(C)C(=O)CCCCN(Cc1cc(S(=O)(=O)N(C)C)ccc1O[B]O)Cc1c2ccccc2c(CN(CCCNC(=O)C(=C)C)Cc2cc(S(=O)(=O)N(C)C)ccc2O[B]O)c2ccc(-c3cc(C4=C5C=CC(=[N+](C)C)C=C5[Si](C)(C)c5cc(N(C)C)ccc54)cs3)cc12. The van der Waals surface area contributed by atoms with Crippen LogP contribution in [-0.2, 0) is 55.8 Å². The van der Waals surface area contributed by atoms with E-state index in [1.54, 1.807) is 43.4 Å². The van der Waals surface area contributed by atoms with Gasteiger partial charge in [-0.05, 0) is 188 Å². The van der Waals surface area contributed by atoms with Crippen LogP contribution in [0, 0.1) is 0 Å². The minimum Gasteiger partial charge on any atom is -0.537 e. The van der Waals surface area contributed by atoms with Gasteiger partial charge in [-0.1, -0.05) is 68.7 Å². The smallest absolute Gasteiger partial charge is 0.537 e. The lowest BCUT2D eigenvalue weighted by Crippen LogP contribution is -2.49. The van der Waals surface area contributed by atoms with Crippen LogP contribution in [0.5, 0.6) is 11.5 Å². The second kappa shape index (κ2) is 30.3. The van der Waals surface area contributed by atoms with E-state index in [2.05, 4.69) is 157 Å². The van der Waals surface area contributed by atoms with Crippen molar-refractivity contribution in [3.05, 3.63) is 195 Å². The number of benzene rings is 6. The van der Waals surface area contributed by atoms with Gasteiger partial charge >= 0.3 is 15.4 Å². The molecule has 0 bridgehead atoms. The van der Waals surface area contributed by atoms with E-state index in [-0.39, 0.29) is 46.1 Å². The highest BCUT2D eigenvalue weighted by Gasteiger charge is 2.41. The van der Waals surface area contributed by atoms with Crippen LogP contribution in [0.3, 0.4) is 0 Å². The number of fused-ring (bicyclic) bond motifs is 4. The molecule has 6 aromatic carbocycles. The highest BCUT2D eigenvalue weighted by atomic mass is 32.2. The second-order valence-corrected chi connectivity index (χ2v) is 35.3. The van der Waals surface area contributed by atoms with Crippen molar-refractivity contribution >= 4 is 110 Å². The fourth-order valence-corrected chi connectivity index (χ4v) is 18.3. The standard InChI is InChI=1S/C72H85B2N7O10S3Si/c1-47(2)65(82)22-17-18-34-80(42-50-36-55(93(86,87)78(9)10)26-31-66(50)90-73-84)45-64-58-21-16-15-20-57(58)63(44-81(35-19-33-75-72(83)48(3)4)43-51-37-56(94(88,89)79(11)12)27-32-67(51)91-74-85)59-28-23-49(38-62(59)64)68-39-52(46-92-68)71-60-29-24-53(76(5)6)40-69(60)95(13,14)70-41-54(77(7)8)25-30-61(70)71/h15-16,20-21,23-32,36-41,46,84-85H,1,3,17-19,22,33-35,42-45H2,2,4-14H3/p+1. The maximum atomic E-state index is 13.8. The van der Waals surface area contributed by atoms with Gasteiger partial charge in [-0.3, -0.25) is 19.4 Å². The van der Waals surface area contributed by atoms with Gasteiger partial charge in [0, 0.05) is 127 Å². The fraction of sp³-hybridized carbons (Fsp3) is 0.319. The lowest BCUT2D eigenvalue weighted by atomic mass is 9.89. The third kappa shape index (κ3) is 15.8. The number of unbranched alkanes of at least 4 members (excludes halogenated alkanes) is 1. The number of nitrogens with zero attached hydrogens (tertiary/aromatic N) is 6. The fourth-order valence-electron chi connectivity index (χ4n) is 12.5.